The Hall–Kier alpha value is -0.740. The predicted molar refractivity (Wildman–Crippen MR) is 83.7 cm³/mol. The Kier molecular flexibility index (Phi) is 3.95. The summed E-state index contributed by atoms with van der Waals surface area (Å²) in [5, 5.41) is 0. The molecule has 0 amide bonds. The molecule has 2 heterocycles. The summed E-state index contributed by atoms with van der Waals surface area (Å²) >= 11 is 3.73. The second-order valence-corrected chi connectivity index (χ2v) is 6.71. The minimum Gasteiger partial charge on any atom is -0.490 e. The molecule has 0 saturated heterocycles. The van der Waals surface area contributed by atoms with Gasteiger partial charge in [-0.3, -0.25) is 0 Å². The highest BCUT2D eigenvalue weighted by molar-refractivity contribution is 9.10. The van der Waals surface area contributed by atoms with Crippen molar-refractivity contribution < 1.29 is 9.47 Å². The largest absolute Gasteiger partial charge is 0.490 e. The van der Waals surface area contributed by atoms with Crippen molar-refractivity contribution in [1.82, 2.24) is 0 Å². The molecule has 20 heavy (non-hydrogen) atoms. The Balaban J connectivity index is 2.03. The van der Waals surface area contributed by atoms with Crippen LogP contribution in [0.25, 0.3) is 0 Å². The molecule has 0 aromatic heterocycles. The van der Waals surface area contributed by atoms with E-state index in [0.717, 1.165) is 54.6 Å². The number of hydrogen-bond donors (Lipinski definition) is 1. The lowest BCUT2D eigenvalue weighted by Crippen LogP contribution is -2.08. The normalized spacial score (nSPS) is 23.2. The van der Waals surface area contributed by atoms with Crippen LogP contribution in [0.5, 0.6) is 11.5 Å². The number of halogens is 1. The molecule has 0 saturated carbocycles. The summed E-state index contributed by atoms with van der Waals surface area (Å²) in [6, 6.07) is 0. The maximum atomic E-state index is 6.09. The molecule has 2 aliphatic rings. The van der Waals surface area contributed by atoms with Crippen LogP contribution in [0.2, 0.25) is 0 Å². The van der Waals surface area contributed by atoms with E-state index in [-0.39, 0.29) is 12.2 Å². The van der Waals surface area contributed by atoms with Gasteiger partial charge in [0, 0.05) is 29.5 Å². The Morgan fingerprint density at radius 1 is 1.05 bits per heavy atom. The van der Waals surface area contributed by atoms with Crippen molar-refractivity contribution in [1.29, 1.82) is 0 Å². The summed E-state index contributed by atoms with van der Waals surface area (Å²) in [6.45, 7) is 5.01. The third-order valence-electron chi connectivity index (χ3n) is 4.15. The molecule has 4 heteroatoms. The summed E-state index contributed by atoms with van der Waals surface area (Å²) in [5.41, 5.74) is 9.61. The molecular weight excluding hydrogens is 318 g/mol. The van der Waals surface area contributed by atoms with Crippen molar-refractivity contribution in [3.05, 3.63) is 21.2 Å². The molecule has 0 radical (unpaired) electrons. The highest BCUT2D eigenvalue weighted by Crippen LogP contribution is 2.49. The fraction of sp³-hybridized carbons (Fsp3) is 0.625. The lowest BCUT2D eigenvalue weighted by molar-refractivity contribution is 0.251. The Bertz CT molecular complexity index is 491. The smallest absolute Gasteiger partial charge is 0.138 e. The molecule has 110 valence electrons. The Labute approximate surface area is 129 Å². The number of ether oxygens (including phenoxy) is 2. The van der Waals surface area contributed by atoms with Crippen molar-refractivity contribution >= 4 is 15.9 Å². The van der Waals surface area contributed by atoms with Gasteiger partial charge in [0.15, 0.2) is 0 Å². The zero-order valence-corrected chi connectivity index (χ0v) is 13.8. The molecule has 2 atom stereocenters. The summed E-state index contributed by atoms with van der Waals surface area (Å²) in [7, 11) is 0. The van der Waals surface area contributed by atoms with Crippen LogP contribution in [-0.2, 0) is 19.3 Å². The SMILES string of the molecule is CC1Cc2c(CCCCN)c3c(c(Br)c2O1)CC(C)O3. The zero-order valence-electron chi connectivity index (χ0n) is 12.2. The number of hydrogen-bond acceptors (Lipinski definition) is 3. The maximum Gasteiger partial charge on any atom is 0.138 e. The van der Waals surface area contributed by atoms with Gasteiger partial charge in [-0.15, -0.1) is 0 Å². The third-order valence-corrected chi connectivity index (χ3v) is 4.99. The Morgan fingerprint density at radius 2 is 1.70 bits per heavy atom. The van der Waals surface area contributed by atoms with Crippen molar-refractivity contribution in [2.24, 2.45) is 5.73 Å². The van der Waals surface area contributed by atoms with Gasteiger partial charge in [0.1, 0.15) is 23.7 Å². The highest BCUT2D eigenvalue weighted by Gasteiger charge is 2.34. The molecule has 2 unspecified atom stereocenters. The van der Waals surface area contributed by atoms with Gasteiger partial charge in [0.25, 0.3) is 0 Å². The fourth-order valence-electron chi connectivity index (χ4n) is 3.26. The van der Waals surface area contributed by atoms with Crippen LogP contribution in [-0.4, -0.2) is 18.8 Å². The number of benzene rings is 1. The summed E-state index contributed by atoms with van der Waals surface area (Å²) < 4.78 is 13.2. The fourth-order valence-corrected chi connectivity index (χ4v) is 3.93. The van der Waals surface area contributed by atoms with Gasteiger partial charge in [0.05, 0.1) is 4.47 Å². The molecule has 0 spiro atoms. The first-order chi connectivity index (χ1) is 9.61. The molecule has 0 fully saturated rings. The van der Waals surface area contributed by atoms with E-state index in [9.17, 15) is 0 Å². The molecule has 2 aliphatic heterocycles. The first kappa shape index (κ1) is 14.2. The van der Waals surface area contributed by atoms with E-state index in [4.69, 9.17) is 15.2 Å². The quantitative estimate of drug-likeness (QED) is 0.855. The second kappa shape index (κ2) is 5.57. The van der Waals surface area contributed by atoms with Crippen LogP contribution in [0, 0.1) is 0 Å². The molecule has 3 nitrogen and oxygen atoms in total. The first-order valence-electron chi connectivity index (χ1n) is 7.51. The van der Waals surface area contributed by atoms with Gasteiger partial charge in [-0.2, -0.15) is 0 Å². The lowest BCUT2D eigenvalue weighted by Gasteiger charge is -2.15. The number of rotatable bonds is 4. The van der Waals surface area contributed by atoms with E-state index >= 15 is 0 Å². The van der Waals surface area contributed by atoms with Gasteiger partial charge >= 0.3 is 0 Å². The summed E-state index contributed by atoms with van der Waals surface area (Å²) in [6.07, 6.45) is 5.68. The van der Waals surface area contributed by atoms with Crippen molar-refractivity contribution in [3.8, 4) is 11.5 Å². The van der Waals surface area contributed by atoms with E-state index in [1.165, 1.54) is 16.7 Å². The number of unbranched alkanes of at least 4 members (excludes halogenated alkanes) is 1. The van der Waals surface area contributed by atoms with Crippen LogP contribution in [0.4, 0.5) is 0 Å². The minimum atomic E-state index is 0.259. The first-order valence-corrected chi connectivity index (χ1v) is 8.30. The van der Waals surface area contributed by atoms with Crippen LogP contribution >= 0.6 is 15.9 Å². The van der Waals surface area contributed by atoms with Gasteiger partial charge in [-0.25, -0.2) is 0 Å². The van der Waals surface area contributed by atoms with Gasteiger partial charge < -0.3 is 15.2 Å². The highest BCUT2D eigenvalue weighted by atomic mass is 79.9. The Morgan fingerprint density at radius 3 is 2.40 bits per heavy atom. The molecule has 1 aromatic carbocycles. The third kappa shape index (κ3) is 2.33. The molecule has 3 rings (SSSR count). The predicted octanol–water partition coefficient (Wildman–Crippen LogP) is 3.38. The van der Waals surface area contributed by atoms with Crippen molar-refractivity contribution in [2.45, 2.75) is 58.2 Å². The summed E-state index contributed by atoms with van der Waals surface area (Å²) in [4.78, 5) is 0. The van der Waals surface area contributed by atoms with E-state index in [1.54, 1.807) is 0 Å². The molecular formula is C16H22BrNO2. The molecule has 0 aliphatic carbocycles. The van der Waals surface area contributed by atoms with Crippen LogP contribution < -0.4 is 15.2 Å². The monoisotopic (exact) mass is 339 g/mol. The average Bonchev–Trinajstić information content (AvgIpc) is 2.97. The van der Waals surface area contributed by atoms with Crippen LogP contribution in [0.1, 0.15) is 43.4 Å². The summed E-state index contributed by atoms with van der Waals surface area (Å²) in [5.74, 6) is 2.16. The number of fused-ring (bicyclic) bond motifs is 2. The van der Waals surface area contributed by atoms with Crippen molar-refractivity contribution in [2.75, 3.05) is 6.54 Å². The zero-order chi connectivity index (χ0) is 14.3. The number of nitrogens with two attached hydrogens (primary N) is 1. The molecule has 0 bridgehead atoms. The average molecular weight is 340 g/mol. The van der Waals surface area contributed by atoms with E-state index in [2.05, 4.69) is 29.8 Å². The molecule has 1 aromatic rings. The van der Waals surface area contributed by atoms with E-state index in [1.807, 2.05) is 0 Å². The van der Waals surface area contributed by atoms with E-state index < -0.39 is 0 Å². The van der Waals surface area contributed by atoms with E-state index in [0.29, 0.717) is 0 Å². The van der Waals surface area contributed by atoms with Gasteiger partial charge in [-0.1, -0.05) is 0 Å². The standard InChI is InChI=1S/C16H22BrNO2/c1-9-7-12-11(5-3-4-6-18)15-13(8-10(2)19-15)14(17)16(12)20-9/h9-10H,3-8,18H2,1-2H3. The minimum absolute atomic E-state index is 0.259. The topological polar surface area (TPSA) is 44.5 Å². The van der Waals surface area contributed by atoms with Crippen LogP contribution in [0.15, 0.2) is 4.47 Å². The van der Waals surface area contributed by atoms with Crippen LogP contribution in [0.3, 0.4) is 0 Å². The van der Waals surface area contributed by atoms with Crippen molar-refractivity contribution in [3.63, 3.8) is 0 Å². The second-order valence-electron chi connectivity index (χ2n) is 5.92. The molecule has 2 N–H and O–H groups in total. The van der Waals surface area contributed by atoms with Gasteiger partial charge in [0.2, 0.25) is 0 Å². The van der Waals surface area contributed by atoms with Gasteiger partial charge in [-0.05, 0) is 55.6 Å². The maximum absolute atomic E-state index is 6.09. The lowest BCUT2D eigenvalue weighted by atomic mass is 9.94.